The molecule has 2 heterocycles. The summed E-state index contributed by atoms with van der Waals surface area (Å²) in [4.78, 5) is 20.2. The number of benzene rings is 1. The van der Waals surface area contributed by atoms with Crippen molar-refractivity contribution in [2.75, 3.05) is 6.67 Å². The van der Waals surface area contributed by atoms with Gasteiger partial charge in [-0.25, -0.2) is 27.9 Å². The molecule has 1 unspecified atom stereocenters. The van der Waals surface area contributed by atoms with E-state index >= 15 is 0 Å². The summed E-state index contributed by atoms with van der Waals surface area (Å²) >= 11 is 0. The summed E-state index contributed by atoms with van der Waals surface area (Å²) < 4.78 is 38.2. The predicted octanol–water partition coefficient (Wildman–Crippen LogP) is 0.830. The molecule has 0 amide bonds. The number of aromatic nitrogens is 3. The van der Waals surface area contributed by atoms with Crippen molar-refractivity contribution in [3.05, 3.63) is 70.7 Å². The van der Waals surface area contributed by atoms with E-state index in [2.05, 4.69) is 9.97 Å². The molecular weight excluding hydrogens is 347 g/mol. The zero-order valence-corrected chi connectivity index (χ0v) is 14.1. The van der Waals surface area contributed by atoms with Crippen LogP contribution in [0.15, 0.2) is 53.7 Å². The first-order valence-corrected chi connectivity index (χ1v) is 8.82. The number of sulfonamides is 1. The molecule has 25 heavy (non-hydrogen) atoms. The van der Waals surface area contributed by atoms with E-state index in [1.165, 1.54) is 36.3 Å². The number of hydrogen-bond acceptors (Lipinski definition) is 5. The van der Waals surface area contributed by atoms with Gasteiger partial charge < -0.3 is 4.57 Å². The van der Waals surface area contributed by atoms with E-state index in [0.29, 0.717) is 0 Å². The summed E-state index contributed by atoms with van der Waals surface area (Å²) in [5.41, 5.74) is -0.322. The Bertz CT molecular complexity index is 1100. The Morgan fingerprint density at radius 2 is 1.76 bits per heavy atom. The summed E-state index contributed by atoms with van der Waals surface area (Å²) in [6.07, 6.45) is 3.88. The molecule has 0 aliphatic rings. The Morgan fingerprint density at radius 1 is 1.16 bits per heavy atom. The molecule has 9 heteroatoms. The first-order chi connectivity index (χ1) is 11.8. The summed E-state index contributed by atoms with van der Waals surface area (Å²) in [6.45, 7) is -1.38. The van der Waals surface area contributed by atoms with Crippen LogP contribution in [0.5, 0.6) is 0 Å². The molecule has 0 fully saturated rings. The standard InChI is InChI=1S/C16H15FN4O3S/c1-21-9-13(11-5-2-3-6-12(11)14(21)22)16(10-17,25(18,23)24)15-19-7-4-8-20-15/h2-9H,10H2,1H3,(H2,18,23,24). The van der Waals surface area contributed by atoms with Crippen molar-refractivity contribution < 1.29 is 12.8 Å². The minimum atomic E-state index is -4.52. The number of aryl methyl sites for hydroxylation is 1. The molecule has 0 aliphatic heterocycles. The van der Waals surface area contributed by atoms with E-state index in [-0.39, 0.29) is 27.7 Å². The Hall–Kier alpha value is -2.65. The van der Waals surface area contributed by atoms with Gasteiger partial charge in [0.05, 0.1) is 0 Å². The van der Waals surface area contributed by atoms with Gasteiger partial charge in [0.2, 0.25) is 10.0 Å². The van der Waals surface area contributed by atoms with Crippen molar-refractivity contribution in [2.45, 2.75) is 4.75 Å². The van der Waals surface area contributed by atoms with Gasteiger partial charge in [-0.2, -0.15) is 0 Å². The van der Waals surface area contributed by atoms with Crippen molar-refractivity contribution in [3.63, 3.8) is 0 Å². The number of pyridine rings is 1. The van der Waals surface area contributed by atoms with Gasteiger partial charge in [-0.3, -0.25) is 4.79 Å². The quantitative estimate of drug-likeness (QED) is 0.740. The first kappa shape index (κ1) is 17.2. The number of rotatable bonds is 4. The second-order valence-corrected chi connectivity index (χ2v) is 7.37. The van der Waals surface area contributed by atoms with Crippen LogP contribution in [0, 0.1) is 0 Å². The van der Waals surface area contributed by atoms with E-state index in [1.807, 2.05) is 0 Å². The number of primary sulfonamides is 1. The lowest BCUT2D eigenvalue weighted by Crippen LogP contribution is -2.46. The highest BCUT2D eigenvalue weighted by Gasteiger charge is 2.50. The van der Waals surface area contributed by atoms with Crippen LogP contribution >= 0.6 is 0 Å². The third-order valence-corrected chi connectivity index (χ3v) is 5.61. The molecule has 2 N–H and O–H groups in total. The lowest BCUT2D eigenvalue weighted by molar-refractivity contribution is 0.405. The third kappa shape index (κ3) is 2.52. The highest BCUT2D eigenvalue weighted by Crippen LogP contribution is 2.37. The van der Waals surface area contributed by atoms with Crippen LogP contribution in [0.25, 0.3) is 10.8 Å². The Morgan fingerprint density at radius 3 is 2.32 bits per heavy atom. The molecule has 0 saturated carbocycles. The molecule has 1 aromatic carbocycles. The maximum Gasteiger partial charge on any atom is 0.258 e. The minimum absolute atomic E-state index is 0.0152. The Labute approximate surface area is 143 Å². The maximum absolute atomic E-state index is 14.3. The fourth-order valence-electron chi connectivity index (χ4n) is 2.85. The zero-order valence-electron chi connectivity index (χ0n) is 13.3. The molecule has 1 atom stereocenters. The van der Waals surface area contributed by atoms with Crippen molar-refractivity contribution >= 4 is 20.8 Å². The average Bonchev–Trinajstić information content (AvgIpc) is 2.60. The van der Waals surface area contributed by atoms with Gasteiger partial charge in [-0.15, -0.1) is 0 Å². The fraction of sp³-hybridized carbons (Fsp3) is 0.188. The van der Waals surface area contributed by atoms with E-state index in [0.717, 1.165) is 0 Å². The van der Waals surface area contributed by atoms with Gasteiger partial charge in [0.1, 0.15) is 6.67 Å². The van der Waals surface area contributed by atoms with Gasteiger partial charge in [-0.05, 0) is 17.5 Å². The summed E-state index contributed by atoms with van der Waals surface area (Å²) in [5.74, 6) is -0.288. The summed E-state index contributed by atoms with van der Waals surface area (Å²) in [7, 11) is -3.06. The van der Waals surface area contributed by atoms with Crippen LogP contribution in [0.2, 0.25) is 0 Å². The number of halogens is 1. The maximum atomic E-state index is 14.3. The molecule has 0 spiro atoms. The van der Waals surface area contributed by atoms with Crippen LogP contribution in [0.3, 0.4) is 0 Å². The van der Waals surface area contributed by atoms with Gasteiger partial charge in [-0.1, -0.05) is 18.2 Å². The third-order valence-electron chi connectivity index (χ3n) is 4.13. The van der Waals surface area contributed by atoms with Crippen LogP contribution in [-0.2, 0) is 21.8 Å². The number of alkyl halides is 1. The minimum Gasteiger partial charge on any atom is -0.318 e. The second-order valence-electron chi connectivity index (χ2n) is 5.58. The Balaban J connectivity index is 2.55. The molecule has 0 aliphatic carbocycles. The van der Waals surface area contributed by atoms with E-state index in [4.69, 9.17) is 5.14 Å². The molecule has 3 aromatic rings. The molecule has 130 valence electrons. The van der Waals surface area contributed by atoms with Crippen molar-refractivity contribution in [1.29, 1.82) is 0 Å². The van der Waals surface area contributed by atoms with Crippen molar-refractivity contribution in [1.82, 2.24) is 14.5 Å². The number of fused-ring (bicyclic) bond motifs is 1. The van der Waals surface area contributed by atoms with Gasteiger partial charge in [0, 0.05) is 36.6 Å². The monoisotopic (exact) mass is 362 g/mol. The van der Waals surface area contributed by atoms with E-state index in [1.54, 1.807) is 24.3 Å². The first-order valence-electron chi connectivity index (χ1n) is 7.27. The van der Waals surface area contributed by atoms with Gasteiger partial charge in [0.15, 0.2) is 10.6 Å². The molecule has 2 aromatic heterocycles. The van der Waals surface area contributed by atoms with Crippen molar-refractivity contribution in [2.24, 2.45) is 12.2 Å². The number of hydrogen-bond donors (Lipinski definition) is 1. The molecule has 0 bridgehead atoms. The second kappa shape index (κ2) is 6.01. The highest BCUT2D eigenvalue weighted by molar-refractivity contribution is 7.90. The average molecular weight is 362 g/mol. The van der Waals surface area contributed by atoms with Crippen LogP contribution in [0.1, 0.15) is 11.4 Å². The normalized spacial score (nSPS) is 14.4. The lowest BCUT2D eigenvalue weighted by Gasteiger charge is -2.28. The molecule has 0 radical (unpaired) electrons. The van der Waals surface area contributed by atoms with Gasteiger partial charge in [0.25, 0.3) is 5.56 Å². The SMILES string of the molecule is Cn1cc(C(CF)(c2ncccn2)S(N)(=O)=O)c2ccccc2c1=O. The number of nitrogens with zero attached hydrogens (tertiary/aromatic N) is 3. The Kier molecular flexibility index (Phi) is 4.13. The smallest absolute Gasteiger partial charge is 0.258 e. The highest BCUT2D eigenvalue weighted by atomic mass is 32.2. The molecule has 7 nitrogen and oxygen atoms in total. The molecule has 0 saturated heterocycles. The topological polar surface area (TPSA) is 108 Å². The summed E-state index contributed by atoms with van der Waals surface area (Å²) in [5, 5.41) is 5.97. The number of nitrogens with two attached hydrogens (primary N) is 1. The lowest BCUT2D eigenvalue weighted by atomic mass is 9.94. The van der Waals surface area contributed by atoms with Gasteiger partial charge >= 0.3 is 0 Å². The largest absolute Gasteiger partial charge is 0.318 e. The predicted molar refractivity (Wildman–Crippen MR) is 91.1 cm³/mol. The fourth-order valence-corrected chi connectivity index (χ4v) is 3.84. The van der Waals surface area contributed by atoms with Crippen LogP contribution in [0.4, 0.5) is 4.39 Å². The molecular formula is C16H15FN4O3S. The van der Waals surface area contributed by atoms with Crippen molar-refractivity contribution in [3.8, 4) is 0 Å². The van der Waals surface area contributed by atoms with E-state index in [9.17, 15) is 17.6 Å². The van der Waals surface area contributed by atoms with Crippen LogP contribution < -0.4 is 10.7 Å². The van der Waals surface area contributed by atoms with Crippen LogP contribution in [-0.4, -0.2) is 29.6 Å². The molecule has 3 rings (SSSR count). The zero-order chi connectivity index (χ0) is 18.2. The summed E-state index contributed by atoms with van der Waals surface area (Å²) in [6, 6.07) is 7.84. The van der Waals surface area contributed by atoms with E-state index < -0.39 is 21.4 Å².